The number of hydrogen-bond acceptors (Lipinski definition) is 6. The van der Waals surface area contributed by atoms with Gasteiger partial charge in [0, 0.05) is 96.8 Å². The summed E-state index contributed by atoms with van der Waals surface area (Å²) in [5.74, 6) is -0.298. The van der Waals surface area contributed by atoms with Crippen LogP contribution in [-0.2, 0) is 39.1 Å². The van der Waals surface area contributed by atoms with Crippen molar-refractivity contribution in [2.24, 2.45) is 7.05 Å². The Morgan fingerprint density at radius 2 is 1.64 bits per heavy atom. The van der Waals surface area contributed by atoms with Gasteiger partial charge in [-0.15, -0.1) is 0 Å². The lowest BCUT2D eigenvalue weighted by atomic mass is 10.0. The van der Waals surface area contributed by atoms with Gasteiger partial charge in [-0.25, -0.2) is 0 Å². The third-order valence-electron chi connectivity index (χ3n) is 8.56. The van der Waals surface area contributed by atoms with Crippen LogP contribution in [0.1, 0.15) is 35.0 Å². The maximum absolute atomic E-state index is 14.1. The Hall–Kier alpha value is -4.44. The third kappa shape index (κ3) is 8.60. The molecular weight excluding hydrogens is 568 g/mol. The van der Waals surface area contributed by atoms with Crippen molar-refractivity contribution < 1.29 is 19.1 Å². The van der Waals surface area contributed by atoms with E-state index in [0.29, 0.717) is 32.7 Å². The first-order valence-corrected chi connectivity index (χ1v) is 15.4. The fourth-order valence-corrected chi connectivity index (χ4v) is 5.67. The molecule has 0 unspecified atom stereocenters. The molecule has 1 aliphatic heterocycles. The normalized spacial score (nSPS) is 14.1. The first-order valence-electron chi connectivity index (χ1n) is 15.4. The van der Waals surface area contributed by atoms with Crippen molar-refractivity contribution in [1.29, 1.82) is 0 Å². The number of methoxy groups -OCH3 is 1. The van der Waals surface area contributed by atoms with E-state index >= 15 is 0 Å². The highest BCUT2D eigenvalue weighted by molar-refractivity contribution is 5.96. The standard InChI is InChI=1S/C35H46N6O4/c1-26-32(27(2)38(5)36-26)16-17-34(43)41(33(24-29-10-8-7-9-11-29)35(44)37(4)22-23-45-6)25-30-12-14-31(15-13-30)40-20-18-39(19-21-40)28(3)42/h7-17,33H,18-25H2,1-6H3/t33-/m0/s1. The van der Waals surface area contributed by atoms with Gasteiger partial charge in [-0.3, -0.25) is 19.1 Å². The number of hydrogen-bond donors (Lipinski definition) is 0. The minimum Gasteiger partial charge on any atom is -0.383 e. The summed E-state index contributed by atoms with van der Waals surface area (Å²) in [4.78, 5) is 47.3. The topological polar surface area (TPSA) is 91.2 Å². The van der Waals surface area contributed by atoms with Crippen LogP contribution >= 0.6 is 0 Å². The van der Waals surface area contributed by atoms with Crippen molar-refractivity contribution in [3.05, 3.63) is 88.8 Å². The maximum atomic E-state index is 14.1. The molecule has 3 amide bonds. The summed E-state index contributed by atoms with van der Waals surface area (Å²) in [5.41, 5.74) is 5.64. The van der Waals surface area contributed by atoms with Crippen molar-refractivity contribution >= 4 is 29.5 Å². The van der Waals surface area contributed by atoms with E-state index in [1.54, 1.807) is 47.7 Å². The van der Waals surface area contributed by atoms with Gasteiger partial charge in [0.15, 0.2) is 0 Å². The van der Waals surface area contributed by atoms with E-state index in [9.17, 15) is 14.4 Å². The summed E-state index contributed by atoms with van der Waals surface area (Å²) in [6, 6.07) is 17.2. The van der Waals surface area contributed by atoms with Gasteiger partial charge in [0.1, 0.15) is 6.04 Å². The van der Waals surface area contributed by atoms with Crippen molar-refractivity contribution in [3.8, 4) is 0 Å². The number of ether oxygens (including phenoxy) is 1. The number of benzene rings is 2. The van der Waals surface area contributed by atoms with Gasteiger partial charge in [0.2, 0.25) is 17.7 Å². The lowest BCUT2D eigenvalue weighted by Gasteiger charge is -2.36. The van der Waals surface area contributed by atoms with E-state index in [1.807, 2.05) is 68.3 Å². The van der Waals surface area contributed by atoms with E-state index in [-0.39, 0.29) is 24.3 Å². The molecule has 10 heteroatoms. The Bertz CT molecular complexity index is 1480. The summed E-state index contributed by atoms with van der Waals surface area (Å²) in [6.45, 7) is 9.49. The van der Waals surface area contributed by atoms with Crippen molar-refractivity contribution in [1.82, 2.24) is 24.5 Å². The highest BCUT2D eigenvalue weighted by Gasteiger charge is 2.31. The van der Waals surface area contributed by atoms with Gasteiger partial charge in [0.05, 0.1) is 12.3 Å². The molecule has 0 radical (unpaired) electrons. The van der Waals surface area contributed by atoms with Gasteiger partial charge in [-0.1, -0.05) is 42.5 Å². The number of likely N-dealkylation sites (N-methyl/N-ethyl adjacent to an activating group) is 1. The van der Waals surface area contributed by atoms with Crippen molar-refractivity contribution in [2.75, 3.05) is 58.4 Å². The van der Waals surface area contributed by atoms with E-state index in [2.05, 4.69) is 22.1 Å². The Morgan fingerprint density at radius 1 is 0.978 bits per heavy atom. The Kier molecular flexibility index (Phi) is 11.5. The Morgan fingerprint density at radius 3 is 2.22 bits per heavy atom. The summed E-state index contributed by atoms with van der Waals surface area (Å²) < 4.78 is 7.03. The van der Waals surface area contributed by atoms with E-state index in [4.69, 9.17) is 4.74 Å². The van der Waals surface area contributed by atoms with E-state index in [0.717, 1.165) is 46.9 Å². The molecule has 3 aromatic rings. The van der Waals surface area contributed by atoms with Gasteiger partial charge in [0.25, 0.3) is 0 Å². The van der Waals surface area contributed by atoms with Crippen molar-refractivity contribution in [3.63, 3.8) is 0 Å². The molecular formula is C35H46N6O4. The van der Waals surface area contributed by atoms with E-state index in [1.165, 1.54) is 0 Å². The number of anilines is 1. The van der Waals surface area contributed by atoms with Crippen molar-refractivity contribution in [2.45, 2.75) is 39.8 Å². The van der Waals surface area contributed by atoms with Crippen LogP contribution in [0, 0.1) is 13.8 Å². The Labute approximate surface area is 266 Å². The van der Waals surface area contributed by atoms with Gasteiger partial charge in [-0.05, 0) is 43.2 Å². The molecule has 1 aromatic heterocycles. The summed E-state index contributed by atoms with van der Waals surface area (Å²) in [5, 5.41) is 4.48. The minimum absolute atomic E-state index is 0.102. The Balaban J connectivity index is 1.65. The molecule has 2 heterocycles. The predicted molar refractivity (Wildman–Crippen MR) is 177 cm³/mol. The molecule has 0 aliphatic carbocycles. The third-order valence-corrected chi connectivity index (χ3v) is 8.56. The number of aromatic nitrogens is 2. The molecule has 240 valence electrons. The molecule has 0 bridgehead atoms. The van der Waals surface area contributed by atoms with Gasteiger partial charge >= 0.3 is 0 Å². The average molecular weight is 615 g/mol. The zero-order chi connectivity index (χ0) is 32.5. The van der Waals surface area contributed by atoms with Crippen LogP contribution in [0.3, 0.4) is 0 Å². The smallest absolute Gasteiger partial charge is 0.247 e. The van der Waals surface area contributed by atoms with Crippen LogP contribution < -0.4 is 4.90 Å². The van der Waals surface area contributed by atoms with Crippen LogP contribution in [0.25, 0.3) is 6.08 Å². The maximum Gasteiger partial charge on any atom is 0.247 e. The van der Waals surface area contributed by atoms with Crippen LogP contribution in [0.15, 0.2) is 60.7 Å². The van der Waals surface area contributed by atoms with Gasteiger partial charge in [-0.2, -0.15) is 5.10 Å². The molecule has 10 nitrogen and oxygen atoms in total. The second-order valence-electron chi connectivity index (χ2n) is 11.6. The van der Waals surface area contributed by atoms with Crippen LogP contribution in [0.5, 0.6) is 0 Å². The lowest BCUT2D eigenvalue weighted by Crippen LogP contribution is -2.51. The first kappa shape index (κ1) is 33.5. The SMILES string of the molecule is COCCN(C)C(=O)[C@H](Cc1ccccc1)N(Cc1ccc(N2CCN(C(C)=O)CC2)cc1)C(=O)C=Cc1c(C)nn(C)c1C. The summed E-state index contributed by atoms with van der Waals surface area (Å²) >= 11 is 0. The highest BCUT2D eigenvalue weighted by atomic mass is 16.5. The molecule has 45 heavy (non-hydrogen) atoms. The number of aryl methyl sites for hydroxylation is 2. The molecule has 1 aliphatic rings. The summed E-state index contributed by atoms with van der Waals surface area (Å²) in [6.07, 6.45) is 3.73. The molecule has 0 spiro atoms. The monoisotopic (exact) mass is 614 g/mol. The average Bonchev–Trinajstić information content (AvgIpc) is 3.30. The number of carbonyl (C=O) groups is 3. The molecule has 0 N–H and O–H groups in total. The summed E-state index contributed by atoms with van der Waals surface area (Å²) in [7, 11) is 5.24. The highest BCUT2D eigenvalue weighted by Crippen LogP contribution is 2.22. The number of piperazine rings is 1. The van der Waals surface area contributed by atoms with Crippen LogP contribution in [-0.4, -0.2) is 102 Å². The molecule has 0 saturated carbocycles. The fraction of sp³-hybridized carbons (Fsp3) is 0.429. The molecule has 1 fully saturated rings. The molecule has 1 atom stereocenters. The number of rotatable bonds is 12. The van der Waals surface area contributed by atoms with Gasteiger partial charge < -0.3 is 24.3 Å². The van der Waals surface area contributed by atoms with Crippen LogP contribution in [0.4, 0.5) is 5.69 Å². The second-order valence-corrected chi connectivity index (χ2v) is 11.6. The predicted octanol–water partition coefficient (Wildman–Crippen LogP) is 3.46. The minimum atomic E-state index is -0.734. The molecule has 1 saturated heterocycles. The zero-order valence-corrected chi connectivity index (χ0v) is 27.4. The molecule has 4 rings (SSSR count). The fourth-order valence-electron chi connectivity index (χ4n) is 5.67. The quantitative estimate of drug-likeness (QED) is 0.291. The zero-order valence-electron chi connectivity index (χ0n) is 27.4. The molecule has 2 aromatic carbocycles. The van der Waals surface area contributed by atoms with E-state index < -0.39 is 6.04 Å². The number of nitrogens with zero attached hydrogens (tertiary/aromatic N) is 6. The number of carbonyl (C=O) groups excluding carboxylic acids is 3. The number of amides is 3. The lowest BCUT2D eigenvalue weighted by molar-refractivity contribution is -0.143. The van der Waals surface area contributed by atoms with Crippen LogP contribution in [0.2, 0.25) is 0 Å². The first-order chi connectivity index (χ1) is 21.6. The largest absolute Gasteiger partial charge is 0.383 e. The second kappa shape index (κ2) is 15.5.